The first-order chi connectivity index (χ1) is 11.5. The highest BCUT2D eigenvalue weighted by molar-refractivity contribution is 6.04. The molecule has 0 saturated carbocycles. The topological polar surface area (TPSA) is 122 Å². The minimum absolute atomic E-state index is 0.00913. The summed E-state index contributed by atoms with van der Waals surface area (Å²) in [5.74, 6) is -2.13. The molecule has 0 aliphatic carbocycles. The Hall–Kier alpha value is -3.23. The number of benzene rings is 1. The van der Waals surface area contributed by atoms with E-state index in [0.717, 1.165) is 0 Å². The maximum atomic E-state index is 12.0. The summed E-state index contributed by atoms with van der Waals surface area (Å²) in [5.41, 5.74) is -0.750. The van der Waals surface area contributed by atoms with Gasteiger partial charge in [0.2, 0.25) is 0 Å². The first kappa shape index (κ1) is 17.1. The highest BCUT2D eigenvalue weighted by atomic mass is 16.6. The van der Waals surface area contributed by atoms with Crippen molar-refractivity contribution in [2.45, 2.75) is 13.8 Å². The Bertz CT molecular complexity index is 746. The predicted molar refractivity (Wildman–Crippen MR) is 80.5 cm³/mol. The second-order valence-corrected chi connectivity index (χ2v) is 4.45. The Balaban J connectivity index is 2.69. The van der Waals surface area contributed by atoms with Crippen LogP contribution in [0.4, 0.5) is 5.69 Å². The van der Waals surface area contributed by atoms with Crippen molar-refractivity contribution >= 4 is 17.6 Å². The molecular formula is C15H14N2O7. The van der Waals surface area contributed by atoms with Crippen LogP contribution in [0.25, 0.3) is 11.1 Å². The molecule has 0 amide bonds. The third kappa shape index (κ3) is 3.24. The third-order valence-electron chi connectivity index (χ3n) is 2.99. The average molecular weight is 334 g/mol. The Morgan fingerprint density at radius 3 is 2.42 bits per heavy atom. The zero-order valence-corrected chi connectivity index (χ0v) is 13.0. The minimum Gasteiger partial charge on any atom is -0.461 e. The molecule has 126 valence electrons. The van der Waals surface area contributed by atoms with E-state index in [1.807, 2.05) is 0 Å². The van der Waals surface area contributed by atoms with Gasteiger partial charge in [-0.1, -0.05) is 17.3 Å². The summed E-state index contributed by atoms with van der Waals surface area (Å²) >= 11 is 0. The summed E-state index contributed by atoms with van der Waals surface area (Å²) < 4.78 is 14.6. The standard InChI is InChI=1S/C15H14N2O7/c1-3-22-14(18)12-11(13(24-16-12)15(19)23-4-2)9-7-5-6-8-10(9)17(20)21/h5-8H,3-4H2,1-2H3. The normalized spacial score (nSPS) is 10.2. The van der Waals surface area contributed by atoms with Crippen molar-refractivity contribution in [3.63, 3.8) is 0 Å². The van der Waals surface area contributed by atoms with Crippen LogP contribution in [0.5, 0.6) is 0 Å². The van der Waals surface area contributed by atoms with Crippen LogP contribution in [-0.4, -0.2) is 35.2 Å². The Morgan fingerprint density at radius 1 is 1.17 bits per heavy atom. The van der Waals surface area contributed by atoms with Crippen LogP contribution in [0.3, 0.4) is 0 Å². The summed E-state index contributed by atoms with van der Waals surface area (Å²) in [5, 5.41) is 14.8. The van der Waals surface area contributed by atoms with Crippen LogP contribution in [0.15, 0.2) is 28.8 Å². The van der Waals surface area contributed by atoms with Crippen molar-refractivity contribution in [1.29, 1.82) is 0 Å². The first-order valence-corrected chi connectivity index (χ1v) is 7.08. The van der Waals surface area contributed by atoms with Crippen molar-refractivity contribution in [3.05, 3.63) is 45.8 Å². The lowest BCUT2D eigenvalue weighted by atomic mass is 10.0. The van der Waals surface area contributed by atoms with E-state index in [4.69, 9.17) is 14.0 Å². The first-order valence-electron chi connectivity index (χ1n) is 7.08. The van der Waals surface area contributed by atoms with Crippen LogP contribution >= 0.6 is 0 Å². The lowest BCUT2D eigenvalue weighted by molar-refractivity contribution is -0.384. The van der Waals surface area contributed by atoms with Crippen LogP contribution in [0.1, 0.15) is 34.9 Å². The number of nitro groups is 1. The van der Waals surface area contributed by atoms with Gasteiger partial charge >= 0.3 is 11.9 Å². The van der Waals surface area contributed by atoms with Gasteiger partial charge in [0.25, 0.3) is 11.4 Å². The largest absolute Gasteiger partial charge is 0.461 e. The fourth-order valence-electron chi connectivity index (χ4n) is 2.06. The van der Waals surface area contributed by atoms with Gasteiger partial charge in [-0.25, -0.2) is 9.59 Å². The quantitative estimate of drug-likeness (QED) is 0.449. The van der Waals surface area contributed by atoms with Crippen LogP contribution < -0.4 is 0 Å². The SMILES string of the molecule is CCOC(=O)c1noc(C(=O)OCC)c1-c1ccccc1[N+](=O)[O-]. The number of nitro benzene ring substituents is 1. The lowest BCUT2D eigenvalue weighted by Crippen LogP contribution is -2.09. The molecule has 0 radical (unpaired) electrons. The van der Waals surface area contributed by atoms with E-state index in [9.17, 15) is 19.7 Å². The number of hydrogen-bond donors (Lipinski definition) is 0. The van der Waals surface area contributed by atoms with E-state index >= 15 is 0 Å². The second-order valence-electron chi connectivity index (χ2n) is 4.45. The molecule has 0 N–H and O–H groups in total. The van der Waals surface area contributed by atoms with Gasteiger partial charge < -0.3 is 14.0 Å². The number of aromatic nitrogens is 1. The maximum absolute atomic E-state index is 12.0. The minimum atomic E-state index is -0.881. The van der Waals surface area contributed by atoms with Gasteiger partial charge in [-0.3, -0.25) is 10.1 Å². The number of ether oxygens (including phenoxy) is 2. The number of nitrogens with zero attached hydrogens (tertiary/aromatic N) is 2. The Morgan fingerprint density at radius 2 is 1.79 bits per heavy atom. The molecular weight excluding hydrogens is 320 g/mol. The number of carbonyl (C=O) groups is 2. The predicted octanol–water partition coefficient (Wildman–Crippen LogP) is 2.60. The van der Waals surface area contributed by atoms with Gasteiger partial charge in [-0.2, -0.15) is 0 Å². The number of para-hydroxylation sites is 1. The van der Waals surface area contributed by atoms with Gasteiger partial charge in [0.05, 0.1) is 29.3 Å². The van der Waals surface area contributed by atoms with Gasteiger partial charge in [0.1, 0.15) is 0 Å². The van der Waals surface area contributed by atoms with Crippen molar-refractivity contribution in [2.75, 3.05) is 13.2 Å². The molecule has 2 aromatic rings. The van der Waals surface area contributed by atoms with Crippen LogP contribution in [-0.2, 0) is 9.47 Å². The molecule has 0 fully saturated rings. The summed E-state index contributed by atoms with van der Waals surface area (Å²) in [4.78, 5) is 34.7. The van der Waals surface area contributed by atoms with Crippen LogP contribution in [0, 0.1) is 10.1 Å². The molecule has 0 bridgehead atoms. The zero-order chi connectivity index (χ0) is 17.7. The van der Waals surface area contributed by atoms with Crippen molar-refractivity contribution in [2.24, 2.45) is 0 Å². The van der Waals surface area contributed by atoms with E-state index in [1.54, 1.807) is 13.8 Å². The van der Waals surface area contributed by atoms with Crippen molar-refractivity contribution < 1.29 is 28.5 Å². The van der Waals surface area contributed by atoms with Gasteiger partial charge in [-0.05, 0) is 19.9 Å². The Labute approximate surface area is 136 Å². The molecule has 1 heterocycles. The lowest BCUT2D eigenvalue weighted by Gasteiger charge is -2.05. The molecule has 0 atom stereocenters. The average Bonchev–Trinajstić information content (AvgIpc) is 3.00. The number of esters is 2. The van der Waals surface area contributed by atoms with E-state index in [2.05, 4.69) is 5.16 Å². The van der Waals surface area contributed by atoms with Gasteiger partial charge in [0, 0.05) is 6.07 Å². The van der Waals surface area contributed by atoms with Gasteiger partial charge in [0.15, 0.2) is 5.69 Å². The number of hydrogen-bond acceptors (Lipinski definition) is 8. The maximum Gasteiger partial charge on any atom is 0.377 e. The molecule has 24 heavy (non-hydrogen) atoms. The fourth-order valence-corrected chi connectivity index (χ4v) is 2.06. The number of carbonyl (C=O) groups excluding carboxylic acids is 2. The molecule has 0 aliphatic rings. The summed E-state index contributed by atoms with van der Waals surface area (Å²) in [6.45, 7) is 3.31. The van der Waals surface area contributed by atoms with E-state index < -0.39 is 22.6 Å². The molecule has 9 heteroatoms. The summed E-state index contributed by atoms with van der Waals surface area (Å²) in [6, 6.07) is 5.62. The summed E-state index contributed by atoms with van der Waals surface area (Å²) in [6.07, 6.45) is 0. The van der Waals surface area contributed by atoms with E-state index in [0.29, 0.717) is 0 Å². The molecule has 0 spiro atoms. The molecule has 0 aliphatic heterocycles. The third-order valence-corrected chi connectivity index (χ3v) is 2.99. The molecule has 0 unspecified atom stereocenters. The summed E-state index contributed by atoms with van der Waals surface area (Å²) in [7, 11) is 0. The zero-order valence-electron chi connectivity index (χ0n) is 13.0. The van der Waals surface area contributed by atoms with Crippen LogP contribution in [0.2, 0.25) is 0 Å². The smallest absolute Gasteiger partial charge is 0.377 e. The van der Waals surface area contributed by atoms with E-state index in [-0.39, 0.29) is 35.7 Å². The molecule has 2 rings (SSSR count). The highest BCUT2D eigenvalue weighted by Crippen LogP contribution is 2.35. The van der Waals surface area contributed by atoms with Crippen molar-refractivity contribution in [1.82, 2.24) is 5.16 Å². The monoisotopic (exact) mass is 334 g/mol. The second kappa shape index (κ2) is 7.36. The highest BCUT2D eigenvalue weighted by Gasteiger charge is 2.32. The molecule has 1 aromatic heterocycles. The van der Waals surface area contributed by atoms with Crippen molar-refractivity contribution in [3.8, 4) is 11.1 Å². The number of rotatable bonds is 6. The fraction of sp³-hybridized carbons (Fsp3) is 0.267. The van der Waals surface area contributed by atoms with E-state index in [1.165, 1.54) is 24.3 Å². The molecule has 9 nitrogen and oxygen atoms in total. The molecule has 1 aromatic carbocycles. The van der Waals surface area contributed by atoms with Gasteiger partial charge in [-0.15, -0.1) is 0 Å². The Kier molecular flexibility index (Phi) is 5.25. The molecule has 0 saturated heterocycles.